The summed E-state index contributed by atoms with van der Waals surface area (Å²) in [5.41, 5.74) is 2.18. The quantitative estimate of drug-likeness (QED) is 0.807. The van der Waals surface area contributed by atoms with Crippen LogP contribution in [0.15, 0.2) is 18.2 Å². The van der Waals surface area contributed by atoms with Crippen molar-refractivity contribution in [1.82, 2.24) is 5.32 Å². The van der Waals surface area contributed by atoms with Gasteiger partial charge in [-0.2, -0.15) is 0 Å². The summed E-state index contributed by atoms with van der Waals surface area (Å²) in [5, 5.41) is 3.60. The zero-order chi connectivity index (χ0) is 13.9. The van der Waals surface area contributed by atoms with Crippen molar-refractivity contribution in [3.05, 3.63) is 35.1 Å². The highest BCUT2D eigenvalue weighted by atomic mass is 35.5. The molecule has 0 radical (unpaired) electrons. The summed E-state index contributed by atoms with van der Waals surface area (Å²) in [6.45, 7) is 5.01. The molecule has 1 nitrogen and oxygen atoms in total. The van der Waals surface area contributed by atoms with Crippen LogP contribution in [-0.2, 0) is 6.54 Å². The van der Waals surface area contributed by atoms with Crippen molar-refractivity contribution in [3.63, 3.8) is 0 Å². The molecule has 3 heteroatoms. The second-order valence-electron chi connectivity index (χ2n) is 6.04. The van der Waals surface area contributed by atoms with E-state index in [0.717, 1.165) is 24.0 Å². The van der Waals surface area contributed by atoms with Crippen molar-refractivity contribution >= 4 is 11.6 Å². The molecule has 1 aliphatic rings. The molecule has 2 atom stereocenters. The number of halogens is 2. The van der Waals surface area contributed by atoms with Gasteiger partial charge in [0.15, 0.2) is 0 Å². The Hall–Kier alpha value is -0.600. The third-order valence-electron chi connectivity index (χ3n) is 4.31. The Labute approximate surface area is 120 Å². The number of nitrogens with one attached hydrogen (secondary N) is 1. The number of benzene rings is 1. The van der Waals surface area contributed by atoms with Gasteiger partial charge in [-0.1, -0.05) is 25.8 Å². The molecule has 1 aliphatic carbocycles. The molecule has 106 valence electrons. The molecule has 0 saturated heterocycles. The van der Waals surface area contributed by atoms with Crippen molar-refractivity contribution in [2.45, 2.75) is 51.6 Å². The lowest BCUT2D eigenvalue weighted by molar-refractivity contribution is 0.207. The van der Waals surface area contributed by atoms with Gasteiger partial charge in [0, 0.05) is 18.0 Å². The Morgan fingerprint density at radius 1 is 1.47 bits per heavy atom. The van der Waals surface area contributed by atoms with Gasteiger partial charge in [0.2, 0.25) is 0 Å². The summed E-state index contributed by atoms with van der Waals surface area (Å²) >= 11 is 6.20. The minimum absolute atomic E-state index is 0.0258. The predicted molar refractivity (Wildman–Crippen MR) is 79.1 cm³/mol. The lowest BCUT2D eigenvalue weighted by atomic mass is 9.77. The van der Waals surface area contributed by atoms with Gasteiger partial charge in [-0.3, -0.25) is 0 Å². The van der Waals surface area contributed by atoms with E-state index >= 15 is 0 Å². The molecule has 1 aromatic rings. The van der Waals surface area contributed by atoms with Gasteiger partial charge in [0.05, 0.1) is 0 Å². The summed E-state index contributed by atoms with van der Waals surface area (Å²) in [6, 6.07) is 4.97. The van der Waals surface area contributed by atoms with Crippen molar-refractivity contribution < 1.29 is 4.39 Å². The first-order valence-electron chi connectivity index (χ1n) is 7.11. The zero-order valence-corrected chi connectivity index (χ0v) is 12.6. The maximum Gasteiger partial charge on any atom is 0.123 e. The number of rotatable bonds is 4. The van der Waals surface area contributed by atoms with Crippen LogP contribution >= 0.6 is 11.6 Å². The van der Waals surface area contributed by atoms with Crippen LogP contribution in [-0.4, -0.2) is 11.4 Å². The van der Waals surface area contributed by atoms with Gasteiger partial charge >= 0.3 is 0 Å². The van der Waals surface area contributed by atoms with E-state index in [4.69, 9.17) is 11.6 Å². The molecular formula is C16H23ClFN. The minimum atomic E-state index is -0.167. The fraction of sp³-hybridized carbons (Fsp3) is 0.625. The van der Waals surface area contributed by atoms with Crippen LogP contribution in [0.5, 0.6) is 0 Å². The molecule has 1 N–H and O–H groups in total. The molecular weight excluding hydrogens is 261 g/mol. The van der Waals surface area contributed by atoms with Gasteiger partial charge < -0.3 is 5.32 Å². The Kier molecular flexibility index (Phi) is 4.86. The van der Waals surface area contributed by atoms with Gasteiger partial charge in [-0.15, -0.1) is 11.6 Å². The van der Waals surface area contributed by atoms with Crippen LogP contribution in [0, 0.1) is 18.7 Å². The Morgan fingerprint density at radius 2 is 2.26 bits per heavy atom. The van der Waals surface area contributed by atoms with Crippen molar-refractivity contribution in [1.29, 1.82) is 0 Å². The maximum absolute atomic E-state index is 13.3. The standard InChI is InChI=1S/C16H23ClFN/c1-12-4-3-7-16(9-12,11-17)19-10-14-8-15(18)6-5-13(14)2/h5-6,8,12,19H,3-4,7,9-11H2,1-2H3. The molecule has 0 spiro atoms. The summed E-state index contributed by atoms with van der Waals surface area (Å²) in [7, 11) is 0. The van der Waals surface area contributed by atoms with Crippen molar-refractivity contribution in [2.75, 3.05) is 5.88 Å². The van der Waals surface area contributed by atoms with E-state index in [1.54, 1.807) is 6.07 Å². The van der Waals surface area contributed by atoms with E-state index in [1.807, 2.05) is 13.0 Å². The summed E-state index contributed by atoms with van der Waals surface area (Å²) in [4.78, 5) is 0. The second kappa shape index (κ2) is 6.23. The molecule has 1 saturated carbocycles. The van der Waals surface area contributed by atoms with Gasteiger partial charge in [-0.05, 0) is 48.9 Å². The van der Waals surface area contributed by atoms with Crippen LogP contribution in [0.25, 0.3) is 0 Å². The lowest BCUT2D eigenvalue weighted by Gasteiger charge is -2.39. The highest BCUT2D eigenvalue weighted by Crippen LogP contribution is 2.33. The highest BCUT2D eigenvalue weighted by molar-refractivity contribution is 6.18. The average molecular weight is 284 g/mol. The molecule has 2 unspecified atom stereocenters. The molecule has 1 fully saturated rings. The van der Waals surface area contributed by atoms with Gasteiger partial charge in [0.1, 0.15) is 5.82 Å². The first kappa shape index (κ1) is 14.8. The molecule has 19 heavy (non-hydrogen) atoms. The normalized spacial score (nSPS) is 27.5. The zero-order valence-electron chi connectivity index (χ0n) is 11.8. The smallest absolute Gasteiger partial charge is 0.123 e. The van der Waals surface area contributed by atoms with Crippen LogP contribution in [0.2, 0.25) is 0 Å². The van der Waals surface area contributed by atoms with E-state index < -0.39 is 0 Å². The van der Waals surface area contributed by atoms with Crippen LogP contribution in [0.3, 0.4) is 0 Å². The maximum atomic E-state index is 13.3. The Balaban J connectivity index is 2.05. The Bertz CT molecular complexity index is 435. The lowest BCUT2D eigenvalue weighted by Crippen LogP contribution is -2.49. The van der Waals surface area contributed by atoms with E-state index in [2.05, 4.69) is 12.2 Å². The van der Waals surface area contributed by atoms with E-state index in [-0.39, 0.29) is 11.4 Å². The third-order valence-corrected chi connectivity index (χ3v) is 4.82. The van der Waals surface area contributed by atoms with Crippen LogP contribution in [0.1, 0.15) is 43.7 Å². The number of aryl methyl sites for hydroxylation is 1. The molecule has 0 heterocycles. The third kappa shape index (κ3) is 3.70. The largest absolute Gasteiger partial charge is 0.306 e. The van der Waals surface area contributed by atoms with Gasteiger partial charge in [-0.25, -0.2) is 4.39 Å². The second-order valence-corrected chi connectivity index (χ2v) is 6.31. The first-order valence-corrected chi connectivity index (χ1v) is 7.64. The summed E-state index contributed by atoms with van der Waals surface area (Å²) in [5.74, 6) is 1.18. The summed E-state index contributed by atoms with van der Waals surface area (Å²) in [6.07, 6.45) is 4.75. The highest BCUT2D eigenvalue weighted by Gasteiger charge is 2.33. The molecule has 1 aromatic carbocycles. The van der Waals surface area contributed by atoms with Crippen LogP contribution < -0.4 is 5.32 Å². The molecule has 0 aromatic heterocycles. The van der Waals surface area contributed by atoms with E-state index in [0.29, 0.717) is 18.3 Å². The van der Waals surface area contributed by atoms with Crippen molar-refractivity contribution in [2.24, 2.45) is 5.92 Å². The molecule has 0 amide bonds. The monoisotopic (exact) mass is 283 g/mol. The van der Waals surface area contributed by atoms with E-state index in [9.17, 15) is 4.39 Å². The Morgan fingerprint density at radius 3 is 2.95 bits per heavy atom. The van der Waals surface area contributed by atoms with Crippen molar-refractivity contribution in [3.8, 4) is 0 Å². The SMILES string of the molecule is Cc1ccc(F)cc1CNC1(CCl)CCCC(C)C1. The fourth-order valence-corrected chi connectivity index (χ4v) is 3.44. The predicted octanol–water partition coefficient (Wildman–Crippen LogP) is 4.41. The van der Waals surface area contributed by atoms with Crippen LogP contribution in [0.4, 0.5) is 4.39 Å². The molecule has 0 bridgehead atoms. The first-order chi connectivity index (χ1) is 9.04. The number of hydrogen-bond donors (Lipinski definition) is 1. The fourth-order valence-electron chi connectivity index (χ4n) is 3.10. The summed E-state index contributed by atoms with van der Waals surface area (Å²) < 4.78 is 13.3. The van der Waals surface area contributed by atoms with Gasteiger partial charge in [0.25, 0.3) is 0 Å². The molecule has 2 rings (SSSR count). The average Bonchev–Trinajstić information content (AvgIpc) is 2.40. The minimum Gasteiger partial charge on any atom is -0.306 e. The number of alkyl halides is 1. The number of hydrogen-bond acceptors (Lipinski definition) is 1. The molecule has 0 aliphatic heterocycles. The topological polar surface area (TPSA) is 12.0 Å². The van der Waals surface area contributed by atoms with E-state index in [1.165, 1.54) is 18.9 Å².